The number of hydrogen-bond donors (Lipinski definition) is 1. The number of carbonyl (C=O) groups is 1. The number of amides is 1. The summed E-state index contributed by atoms with van der Waals surface area (Å²) in [5, 5.41) is 2.96. The maximum atomic E-state index is 12.5. The van der Waals surface area contributed by atoms with Crippen molar-refractivity contribution < 1.29 is 14.3 Å². The fourth-order valence-electron chi connectivity index (χ4n) is 3.78. The van der Waals surface area contributed by atoms with Crippen LogP contribution in [-0.4, -0.2) is 34.2 Å². The molecule has 0 aliphatic heterocycles. The van der Waals surface area contributed by atoms with Crippen LogP contribution in [0.5, 0.6) is 11.5 Å². The van der Waals surface area contributed by atoms with Crippen molar-refractivity contribution >= 4 is 23.0 Å². The van der Waals surface area contributed by atoms with E-state index in [1.54, 1.807) is 31.6 Å². The van der Waals surface area contributed by atoms with Crippen molar-refractivity contribution in [3.8, 4) is 11.5 Å². The van der Waals surface area contributed by atoms with E-state index in [9.17, 15) is 4.79 Å². The molecule has 2 heterocycles. The molecule has 0 aliphatic rings. The van der Waals surface area contributed by atoms with Gasteiger partial charge in [-0.3, -0.25) is 9.78 Å². The average molecular weight is 457 g/mol. The molecule has 0 saturated heterocycles. The molecule has 2 aromatic carbocycles. The van der Waals surface area contributed by atoms with E-state index in [1.165, 1.54) is 0 Å². The number of aromatic nitrogens is 3. The number of carbonyl (C=O) groups excluding carboxylic acids is 1. The molecule has 0 spiro atoms. The van der Waals surface area contributed by atoms with Crippen LogP contribution in [-0.2, 0) is 13.1 Å². The second kappa shape index (κ2) is 11.1. The lowest BCUT2D eigenvalue weighted by Gasteiger charge is -2.13. The van der Waals surface area contributed by atoms with Gasteiger partial charge in [-0.25, -0.2) is 4.98 Å². The zero-order chi connectivity index (χ0) is 23.8. The zero-order valence-corrected chi connectivity index (χ0v) is 19.4. The zero-order valence-electron chi connectivity index (χ0n) is 19.4. The van der Waals surface area contributed by atoms with Crippen LogP contribution in [0.4, 0.5) is 0 Å². The third-order valence-electron chi connectivity index (χ3n) is 5.41. The minimum absolute atomic E-state index is 0.155. The number of methoxy groups -OCH3 is 1. The van der Waals surface area contributed by atoms with Crippen LogP contribution in [0.15, 0.2) is 73.1 Å². The van der Waals surface area contributed by atoms with Crippen molar-refractivity contribution in [2.75, 3.05) is 13.7 Å². The van der Waals surface area contributed by atoms with E-state index in [4.69, 9.17) is 14.5 Å². The second-order valence-electron chi connectivity index (χ2n) is 7.70. The molecular weight excluding hydrogens is 428 g/mol. The first-order chi connectivity index (χ1) is 16.7. The first kappa shape index (κ1) is 23.0. The van der Waals surface area contributed by atoms with Gasteiger partial charge in [-0.05, 0) is 55.3 Å². The number of para-hydroxylation sites is 2. The fourth-order valence-corrected chi connectivity index (χ4v) is 3.78. The number of benzene rings is 2. The summed E-state index contributed by atoms with van der Waals surface area (Å²) in [6, 6.07) is 17.3. The molecule has 0 bridgehead atoms. The van der Waals surface area contributed by atoms with Crippen molar-refractivity contribution in [1.29, 1.82) is 0 Å². The highest BCUT2D eigenvalue weighted by atomic mass is 16.5. The van der Waals surface area contributed by atoms with Gasteiger partial charge in [0.1, 0.15) is 5.82 Å². The van der Waals surface area contributed by atoms with Crippen molar-refractivity contribution in [2.45, 2.75) is 26.4 Å². The number of nitrogens with one attached hydrogen (secondary N) is 1. The van der Waals surface area contributed by atoms with Gasteiger partial charge in [0.25, 0.3) is 5.91 Å². The number of ether oxygens (including phenoxy) is 2. The summed E-state index contributed by atoms with van der Waals surface area (Å²) in [5.74, 6) is 2.08. The highest BCUT2D eigenvalue weighted by molar-refractivity contribution is 5.93. The molecule has 0 aliphatic carbocycles. The summed E-state index contributed by atoms with van der Waals surface area (Å²) in [7, 11) is 1.64. The molecule has 0 radical (unpaired) electrons. The van der Waals surface area contributed by atoms with Crippen LogP contribution in [0.3, 0.4) is 0 Å². The molecular formula is C27H28N4O3. The number of pyridine rings is 1. The first-order valence-corrected chi connectivity index (χ1v) is 11.3. The maximum Gasteiger partial charge on any atom is 0.251 e. The maximum absolute atomic E-state index is 12.5. The lowest BCUT2D eigenvalue weighted by molar-refractivity contribution is 0.0949. The van der Waals surface area contributed by atoms with Crippen molar-refractivity contribution in [1.82, 2.24) is 19.9 Å². The summed E-state index contributed by atoms with van der Waals surface area (Å²) >= 11 is 0. The Labute approximate surface area is 199 Å². The van der Waals surface area contributed by atoms with Crippen LogP contribution < -0.4 is 14.8 Å². The molecule has 4 aromatic rings. The standard InChI is InChI=1S/C27H28N4O3/c1-3-7-20-10-11-24(25(18-20)33-2)34-17-6-16-31-23-9-5-4-8-22(23)30-26(31)19-29-27(32)21-12-14-28-15-13-21/h3-5,7-15,18H,6,16-17,19H2,1-2H3,(H,29,32)/b7-3+. The third kappa shape index (κ3) is 5.43. The lowest BCUT2D eigenvalue weighted by Crippen LogP contribution is -2.25. The molecule has 1 N–H and O–H groups in total. The van der Waals surface area contributed by atoms with Crippen molar-refractivity contribution in [2.24, 2.45) is 0 Å². The Bertz CT molecular complexity index is 1280. The van der Waals surface area contributed by atoms with Crippen LogP contribution >= 0.6 is 0 Å². The van der Waals surface area contributed by atoms with Gasteiger partial charge in [0.2, 0.25) is 0 Å². The van der Waals surface area contributed by atoms with E-state index in [-0.39, 0.29) is 5.91 Å². The average Bonchev–Trinajstić information content (AvgIpc) is 3.23. The van der Waals surface area contributed by atoms with Gasteiger partial charge in [-0.2, -0.15) is 0 Å². The minimum Gasteiger partial charge on any atom is -0.493 e. The molecule has 1 amide bonds. The Balaban J connectivity index is 1.42. The molecule has 0 unspecified atom stereocenters. The van der Waals surface area contributed by atoms with Gasteiger partial charge >= 0.3 is 0 Å². The fraction of sp³-hybridized carbons (Fsp3) is 0.222. The Hall–Kier alpha value is -4.13. The van der Waals surface area contributed by atoms with E-state index in [1.807, 2.05) is 61.5 Å². The van der Waals surface area contributed by atoms with Crippen molar-refractivity contribution in [3.05, 3.63) is 90.0 Å². The van der Waals surface area contributed by atoms with Gasteiger partial charge in [0.15, 0.2) is 11.5 Å². The van der Waals surface area contributed by atoms with E-state index in [0.717, 1.165) is 34.6 Å². The van der Waals surface area contributed by atoms with E-state index in [2.05, 4.69) is 14.9 Å². The second-order valence-corrected chi connectivity index (χ2v) is 7.70. The molecule has 7 nitrogen and oxygen atoms in total. The normalized spacial score (nSPS) is 11.1. The highest BCUT2D eigenvalue weighted by Gasteiger charge is 2.13. The summed E-state index contributed by atoms with van der Waals surface area (Å²) in [4.78, 5) is 21.2. The predicted octanol–water partition coefficient (Wildman–Crippen LogP) is 4.87. The molecule has 34 heavy (non-hydrogen) atoms. The van der Waals surface area contributed by atoms with E-state index < -0.39 is 0 Å². The number of imidazole rings is 1. The number of nitrogens with zero attached hydrogens (tertiary/aromatic N) is 3. The largest absolute Gasteiger partial charge is 0.493 e. The summed E-state index contributed by atoms with van der Waals surface area (Å²) in [5.41, 5.74) is 3.57. The molecule has 7 heteroatoms. The Morgan fingerprint density at radius 3 is 2.71 bits per heavy atom. The monoisotopic (exact) mass is 456 g/mol. The number of rotatable bonds is 10. The number of allylic oxidation sites excluding steroid dienone is 1. The molecule has 0 atom stereocenters. The van der Waals surface area contributed by atoms with E-state index in [0.29, 0.717) is 31.0 Å². The number of fused-ring (bicyclic) bond motifs is 1. The highest BCUT2D eigenvalue weighted by Crippen LogP contribution is 2.29. The van der Waals surface area contributed by atoms with Crippen LogP contribution in [0.2, 0.25) is 0 Å². The SMILES string of the molecule is C/C=C/c1ccc(OCCCn2c(CNC(=O)c3ccncc3)nc3ccccc32)c(OC)c1. The van der Waals surface area contributed by atoms with Crippen LogP contribution in [0.1, 0.15) is 35.1 Å². The predicted molar refractivity (Wildman–Crippen MR) is 133 cm³/mol. The van der Waals surface area contributed by atoms with Gasteiger partial charge in [-0.1, -0.05) is 30.4 Å². The van der Waals surface area contributed by atoms with Gasteiger partial charge in [-0.15, -0.1) is 0 Å². The number of hydrogen-bond acceptors (Lipinski definition) is 5. The molecule has 4 rings (SSSR count). The molecule has 2 aromatic heterocycles. The minimum atomic E-state index is -0.155. The third-order valence-corrected chi connectivity index (χ3v) is 5.41. The molecule has 0 saturated carbocycles. The van der Waals surface area contributed by atoms with Gasteiger partial charge in [0.05, 0.1) is 31.3 Å². The Kier molecular flexibility index (Phi) is 7.55. The summed E-state index contributed by atoms with van der Waals surface area (Å²) in [6.07, 6.45) is 7.99. The Morgan fingerprint density at radius 2 is 1.91 bits per heavy atom. The number of aryl methyl sites for hydroxylation is 1. The summed E-state index contributed by atoms with van der Waals surface area (Å²) < 4.78 is 13.6. The lowest BCUT2D eigenvalue weighted by atomic mass is 10.2. The van der Waals surface area contributed by atoms with Gasteiger partial charge < -0.3 is 19.4 Å². The summed E-state index contributed by atoms with van der Waals surface area (Å²) in [6.45, 7) is 3.54. The molecule has 174 valence electrons. The Morgan fingerprint density at radius 1 is 1.09 bits per heavy atom. The van der Waals surface area contributed by atoms with Crippen molar-refractivity contribution in [3.63, 3.8) is 0 Å². The van der Waals surface area contributed by atoms with Crippen LogP contribution in [0, 0.1) is 0 Å². The first-order valence-electron chi connectivity index (χ1n) is 11.3. The smallest absolute Gasteiger partial charge is 0.251 e. The molecule has 0 fully saturated rings. The van der Waals surface area contributed by atoms with Gasteiger partial charge in [0, 0.05) is 24.5 Å². The topological polar surface area (TPSA) is 78.3 Å². The van der Waals surface area contributed by atoms with E-state index >= 15 is 0 Å². The van der Waals surface area contributed by atoms with Crippen LogP contribution in [0.25, 0.3) is 17.1 Å². The quantitative estimate of drug-likeness (QED) is 0.345.